The topological polar surface area (TPSA) is 85.7 Å². The molecule has 22 heavy (non-hydrogen) atoms. The summed E-state index contributed by atoms with van der Waals surface area (Å²) in [6.45, 7) is 1.74. The molecular weight excluding hydrogens is 272 g/mol. The Kier molecular flexibility index (Phi) is 3.56. The highest BCUT2D eigenvalue weighted by Crippen LogP contribution is 2.36. The van der Waals surface area contributed by atoms with Crippen LogP contribution < -0.4 is 11.1 Å². The second-order valence-electron chi connectivity index (χ2n) is 5.65. The van der Waals surface area contributed by atoms with Gasteiger partial charge in [0.1, 0.15) is 0 Å². The van der Waals surface area contributed by atoms with Crippen LogP contribution in [0, 0.1) is 16.7 Å². The molecule has 4 N–H and O–H groups in total. The minimum absolute atomic E-state index is 0.200. The molecule has 0 saturated carbocycles. The summed E-state index contributed by atoms with van der Waals surface area (Å²) in [6, 6.07) is 14.1. The molecule has 0 fully saturated rings. The fourth-order valence-corrected chi connectivity index (χ4v) is 3.08. The molecular formula is C18H18N4. The number of nitrogens with zero attached hydrogens (tertiary/aromatic N) is 1. The van der Waals surface area contributed by atoms with Crippen molar-refractivity contribution in [3.05, 3.63) is 58.7 Å². The molecule has 2 aromatic rings. The summed E-state index contributed by atoms with van der Waals surface area (Å²) in [7, 11) is 0. The molecule has 1 unspecified atom stereocenters. The molecule has 0 bridgehead atoms. The summed E-state index contributed by atoms with van der Waals surface area (Å²) >= 11 is 0. The Morgan fingerprint density at radius 1 is 1.36 bits per heavy atom. The first-order chi connectivity index (χ1) is 10.6. The van der Waals surface area contributed by atoms with Crippen LogP contribution in [-0.4, -0.2) is 5.71 Å². The third kappa shape index (κ3) is 2.42. The summed E-state index contributed by atoms with van der Waals surface area (Å²) in [6.07, 6.45) is 1.89. The van der Waals surface area contributed by atoms with E-state index in [0.29, 0.717) is 11.4 Å². The zero-order chi connectivity index (χ0) is 15.7. The molecule has 0 aromatic heterocycles. The molecule has 1 aliphatic rings. The van der Waals surface area contributed by atoms with Gasteiger partial charge in [0.05, 0.1) is 17.7 Å². The smallest absolute Gasteiger partial charge is 0.0994 e. The SMILES string of the molecule is CC(=N)c1cc(NC2CCc3c(C#N)cccc32)ccc1N. The van der Waals surface area contributed by atoms with Crippen LogP contribution in [0.25, 0.3) is 0 Å². The van der Waals surface area contributed by atoms with E-state index in [9.17, 15) is 5.26 Å². The first kappa shape index (κ1) is 14.2. The summed E-state index contributed by atoms with van der Waals surface area (Å²) < 4.78 is 0. The number of hydrogen-bond donors (Lipinski definition) is 3. The van der Waals surface area contributed by atoms with E-state index in [4.69, 9.17) is 11.1 Å². The quantitative estimate of drug-likeness (QED) is 0.596. The monoisotopic (exact) mass is 290 g/mol. The van der Waals surface area contributed by atoms with Gasteiger partial charge in [-0.25, -0.2) is 0 Å². The van der Waals surface area contributed by atoms with Crippen LogP contribution in [0.1, 0.15) is 41.6 Å². The van der Waals surface area contributed by atoms with Crippen LogP contribution in [0.15, 0.2) is 36.4 Å². The van der Waals surface area contributed by atoms with Crippen LogP contribution in [-0.2, 0) is 6.42 Å². The van der Waals surface area contributed by atoms with Gasteiger partial charge >= 0.3 is 0 Å². The molecule has 1 aliphatic carbocycles. The summed E-state index contributed by atoms with van der Waals surface area (Å²) in [5, 5.41) is 20.5. The number of hydrogen-bond acceptors (Lipinski definition) is 4. The maximum atomic E-state index is 9.20. The van der Waals surface area contributed by atoms with Crippen molar-refractivity contribution in [3.63, 3.8) is 0 Å². The van der Waals surface area contributed by atoms with Gasteiger partial charge in [0, 0.05) is 22.6 Å². The van der Waals surface area contributed by atoms with E-state index in [1.54, 1.807) is 6.92 Å². The first-order valence-electron chi connectivity index (χ1n) is 7.33. The van der Waals surface area contributed by atoms with Crippen molar-refractivity contribution >= 4 is 17.1 Å². The van der Waals surface area contributed by atoms with Crippen molar-refractivity contribution < 1.29 is 0 Å². The number of fused-ring (bicyclic) bond motifs is 1. The predicted octanol–water partition coefficient (Wildman–Crippen LogP) is 3.63. The number of nitrogens with one attached hydrogen (secondary N) is 2. The first-order valence-corrected chi connectivity index (χ1v) is 7.33. The van der Waals surface area contributed by atoms with Crippen LogP contribution in [0.4, 0.5) is 11.4 Å². The normalized spacial score (nSPS) is 15.9. The molecule has 4 heteroatoms. The Morgan fingerprint density at radius 2 is 2.18 bits per heavy atom. The van der Waals surface area contributed by atoms with Gasteiger partial charge in [-0.3, -0.25) is 0 Å². The molecule has 110 valence electrons. The third-order valence-corrected chi connectivity index (χ3v) is 4.19. The van der Waals surface area contributed by atoms with Crippen molar-refractivity contribution in [2.75, 3.05) is 11.1 Å². The Balaban J connectivity index is 1.90. The molecule has 3 rings (SSSR count). The van der Waals surface area contributed by atoms with Crippen molar-refractivity contribution in [1.82, 2.24) is 0 Å². The maximum Gasteiger partial charge on any atom is 0.0994 e. The summed E-state index contributed by atoms with van der Waals surface area (Å²) in [5.74, 6) is 0. The van der Waals surface area contributed by atoms with Crippen molar-refractivity contribution in [2.45, 2.75) is 25.8 Å². The van der Waals surface area contributed by atoms with Crippen molar-refractivity contribution in [2.24, 2.45) is 0 Å². The zero-order valence-corrected chi connectivity index (χ0v) is 12.5. The molecule has 0 heterocycles. The fraction of sp³-hybridized carbons (Fsp3) is 0.222. The number of nitrogen functional groups attached to an aromatic ring is 1. The van der Waals surface area contributed by atoms with E-state index in [-0.39, 0.29) is 6.04 Å². The highest BCUT2D eigenvalue weighted by Gasteiger charge is 2.24. The second-order valence-corrected chi connectivity index (χ2v) is 5.65. The molecule has 4 nitrogen and oxygen atoms in total. The van der Waals surface area contributed by atoms with E-state index in [2.05, 4.69) is 17.5 Å². The van der Waals surface area contributed by atoms with Crippen LogP contribution >= 0.6 is 0 Å². The number of benzene rings is 2. The lowest BCUT2D eigenvalue weighted by atomic mass is 10.0. The molecule has 0 aliphatic heterocycles. The van der Waals surface area contributed by atoms with E-state index in [1.807, 2.05) is 30.3 Å². The molecule has 0 saturated heterocycles. The lowest BCUT2D eigenvalue weighted by molar-refractivity contribution is 0.762. The fourth-order valence-electron chi connectivity index (χ4n) is 3.08. The lowest BCUT2D eigenvalue weighted by Gasteiger charge is -2.17. The van der Waals surface area contributed by atoms with E-state index in [0.717, 1.165) is 35.2 Å². The van der Waals surface area contributed by atoms with Crippen LogP contribution in [0.3, 0.4) is 0 Å². The summed E-state index contributed by atoms with van der Waals surface area (Å²) in [5.41, 5.74) is 11.8. The van der Waals surface area contributed by atoms with Gasteiger partial charge in [-0.2, -0.15) is 5.26 Å². The zero-order valence-electron chi connectivity index (χ0n) is 12.5. The molecule has 2 aromatic carbocycles. The van der Waals surface area contributed by atoms with Gasteiger partial charge in [0.2, 0.25) is 0 Å². The molecule has 0 radical (unpaired) electrons. The average Bonchev–Trinajstić information content (AvgIpc) is 2.92. The highest BCUT2D eigenvalue weighted by atomic mass is 14.9. The van der Waals surface area contributed by atoms with Crippen LogP contribution in [0.2, 0.25) is 0 Å². The van der Waals surface area contributed by atoms with Gasteiger partial charge in [-0.15, -0.1) is 0 Å². The molecule has 0 spiro atoms. The van der Waals surface area contributed by atoms with Gasteiger partial charge in [0.25, 0.3) is 0 Å². The third-order valence-electron chi connectivity index (χ3n) is 4.19. The highest BCUT2D eigenvalue weighted by molar-refractivity contribution is 6.01. The number of rotatable bonds is 3. The van der Waals surface area contributed by atoms with E-state index in [1.165, 1.54) is 5.56 Å². The van der Waals surface area contributed by atoms with Crippen molar-refractivity contribution in [1.29, 1.82) is 10.7 Å². The predicted molar refractivity (Wildman–Crippen MR) is 89.2 cm³/mol. The Labute approximate surface area is 130 Å². The number of anilines is 2. The minimum Gasteiger partial charge on any atom is -0.398 e. The summed E-state index contributed by atoms with van der Waals surface area (Å²) in [4.78, 5) is 0. The molecule has 1 atom stereocenters. The number of nitriles is 1. The standard InChI is InChI=1S/C18H18N4/c1-11(20)16-9-13(5-7-17(16)21)22-18-8-6-14-12(10-19)3-2-4-15(14)18/h2-5,7,9,18,20,22H,6,8,21H2,1H3. The second kappa shape index (κ2) is 5.53. The number of nitrogens with two attached hydrogens (primary N) is 1. The van der Waals surface area contributed by atoms with Gasteiger partial charge in [-0.1, -0.05) is 12.1 Å². The van der Waals surface area contributed by atoms with E-state index < -0.39 is 0 Å². The van der Waals surface area contributed by atoms with Gasteiger partial charge < -0.3 is 16.5 Å². The molecule has 0 amide bonds. The van der Waals surface area contributed by atoms with Crippen molar-refractivity contribution in [3.8, 4) is 6.07 Å². The van der Waals surface area contributed by atoms with Gasteiger partial charge in [0.15, 0.2) is 0 Å². The Hall–Kier alpha value is -2.80. The van der Waals surface area contributed by atoms with Crippen LogP contribution in [0.5, 0.6) is 0 Å². The Bertz CT molecular complexity index is 786. The van der Waals surface area contributed by atoms with E-state index >= 15 is 0 Å². The Morgan fingerprint density at radius 3 is 2.91 bits per heavy atom. The minimum atomic E-state index is 0.200. The average molecular weight is 290 g/mol. The maximum absolute atomic E-state index is 9.20. The van der Waals surface area contributed by atoms with Gasteiger partial charge in [-0.05, 0) is 55.2 Å². The largest absolute Gasteiger partial charge is 0.398 e. The lowest BCUT2D eigenvalue weighted by Crippen LogP contribution is -2.08.